The lowest BCUT2D eigenvalue weighted by molar-refractivity contribution is 0.280. The minimum Gasteiger partial charge on any atom is -0.391 e. The van der Waals surface area contributed by atoms with Crippen molar-refractivity contribution < 1.29 is 5.11 Å². The number of aryl methyl sites for hydroxylation is 1. The third kappa shape index (κ3) is 3.36. The molecule has 0 spiro atoms. The normalized spacial score (nSPS) is 10.4. The molecule has 0 saturated heterocycles. The monoisotopic (exact) mass is 331 g/mol. The zero-order valence-corrected chi connectivity index (χ0v) is 12.6. The van der Waals surface area contributed by atoms with Gasteiger partial charge in [0.05, 0.1) is 12.2 Å². The predicted octanol–water partition coefficient (Wildman–Crippen LogP) is 3.53. The van der Waals surface area contributed by atoms with Crippen molar-refractivity contribution in [1.82, 2.24) is 9.38 Å². The Morgan fingerprint density at radius 2 is 2.09 bits per heavy atom. The first-order valence-corrected chi connectivity index (χ1v) is 7.11. The van der Waals surface area contributed by atoms with Crippen LogP contribution in [0.2, 0.25) is 5.02 Å². The van der Waals surface area contributed by atoms with Gasteiger partial charge in [0.2, 0.25) is 0 Å². The number of halogens is 1. The fourth-order valence-corrected chi connectivity index (χ4v) is 2.42. The van der Waals surface area contributed by atoms with Gasteiger partial charge in [-0.1, -0.05) is 31.2 Å². The summed E-state index contributed by atoms with van der Waals surface area (Å²) < 4.78 is 1.43. The molecule has 0 aliphatic heterocycles. The van der Waals surface area contributed by atoms with Crippen LogP contribution in [0, 0.1) is 6.92 Å². The Bertz CT molecular complexity index is 906. The molecule has 6 heteroatoms. The van der Waals surface area contributed by atoms with E-state index in [1.54, 1.807) is 30.5 Å². The van der Waals surface area contributed by atoms with Gasteiger partial charge in [-0.2, -0.15) is 0 Å². The Balaban J connectivity index is 0.00000192. The Labute approximate surface area is 139 Å². The zero-order chi connectivity index (χ0) is 15.7. The van der Waals surface area contributed by atoms with Gasteiger partial charge in [-0.05, 0) is 36.8 Å². The topological polar surface area (TPSA) is 66.6 Å². The molecule has 0 saturated carbocycles. The Morgan fingerprint density at radius 1 is 1.30 bits per heavy atom. The van der Waals surface area contributed by atoms with Gasteiger partial charge < -0.3 is 10.4 Å². The van der Waals surface area contributed by atoms with Crippen molar-refractivity contribution in [3.63, 3.8) is 0 Å². The summed E-state index contributed by atoms with van der Waals surface area (Å²) in [6, 6.07) is 10.7. The molecule has 5 nitrogen and oxygen atoms in total. The second-order valence-corrected chi connectivity index (χ2v) is 5.41. The molecule has 0 unspecified atom stereocenters. The molecular weight excluding hydrogens is 314 g/mol. The molecule has 2 aromatic heterocycles. The third-order valence-electron chi connectivity index (χ3n) is 3.31. The quantitative estimate of drug-likeness (QED) is 0.770. The molecule has 3 aromatic rings. The van der Waals surface area contributed by atoms with E-state index in [1.807, 2.05) is 19.1 Å². The average Bonchev–Trinajstić information content (AvgIpc) is 2.49. The fourth-order valence-electron chi connectivity index (χ4n) is 2.23. The first kappa shape index (κ1) is 17.0. The number of hydrogen-bond acceptors (Lipinski definition) is 4. The van der Waals surface area contributed by atoms with Crippen molar-refractivity contribution in [2.45, 2.75) is 21.0 Å². The summed E-state index contributed by atoms with van der Waals surface area (Å²) in [6.45, 7) is 1.49. The molecule has 0 fully saturated rings. The Morgan fingerprint density at radius 3 is 2.78 bits per heavy atom. The van der Waals surface area contributed by atoms with Gasteiger partial charge in [0.1, 0.15) is 11.5 Å². The van der Waals surface area contributed by atoms with Crippen molar-refractivity contribution in [1.29, 1.82) is 0 Å². The van der Waals surface area contributed by atoms with Crippen LogP contribution in [0.1, 0.15) is 18.6 Å². The van der Waals surface area contributed by atoms with Gasteiger partial charge in [0.15, 0.2) is 0 Å². The van der Waals surface area contributed by atoms with E-state index < -0.39 is 6.61 Å². The van der Waals surface area contributed by atoms with Gasteiger partial charge in [0, 0.05) is 16.9 Å². The molecule has 0 aliphatic rings. The maximum atomic E-state index is 12.5. The summed E-state index contributed by atoms with van der Waals surface area (Å²) in [6.07, 6.45) is 1.70. The number of rotatable bonds is 3. The van der Waals surface area contributed by atoms with Crippen LogP contribution in [0.15, 0.2) is 47.4 Å². The standard InChI is InChI=1S/C16H14ClN3O2.CH4/c1-10-5-6-14-19-15(13(9-21)16(22)20(14)8-10)18-12-4-2-3-11(17)7-12;/h2-8,18,21H,9H2,1H3;1H4. The minimum atomic E-state index is -0.397. The van der Waals surface area contributed by atoms with Gasteiger partial charge in [-0.3, -0.25) is 9.20 Å². The van der Waals surface area contributed by atoms with Crippen LogP contribution >= 0.6 is 11.6 Å². The molecule has 0 atom stereocenters. The number of nitrogens with one attached hydrogen (secondary N) is 1. The number of nitrogens with zero attached hydrogens (tertiary/aromatic N) is 2. The molecular formula is C17H18ClN3O2. The van der Waals surface area contributed by atoms with E-state index in [0.717, 1.165) is 5.56 Å². The summed E-state index contributed by atoms with van der Waals surface area (Å²) in [4.78, 5) is 16.9. The van der Waals surface area contributed by atoms with Crippen LogP contribution < -0.4 is 10.9 Å². The van der Waals surface area contributed by atoms with Gasteiger partial charge in [-0.25, -0.2) is 4.98 Å². The number of aliphatic hydroxyl groups is 1. The molecule has 120 valence electrons. The Hall–Kier alpha value is -2.37. The van der Waals surface area contributed by atoms with Crippen molar-refractivity contribution in [3.05, 3.63) is 69.1 Å². The molecule has 0 amide bonds. The molecule has 1 aromatic carbocycles. The van der Waals surface area contributed by atoms with Crippen molar-refractivity contribution in [3.8, 4) is 0 Å². The molecule has 3 rings (SSSR count). The molecule has 0 bridgehead atoms. The molecule has 23 heavy (non-hydrogen) atoms. The van der Waals surface area contributed by atoms with E-state index in [1.165, 1.54) is 4.40 Å². The summed E-state index contributed by atoms with van der Waals surface area (Å²) in [5, 5.41) is 13.2. The number of anilines is 2. The highest BCUT2D eigenvalue weighted by molar-refractivity contribution is 6.30. The van der Waals surface area contributed by atoms with Gasteiger partial charge in [0.25, 0.3) is 5.56 Å². The van der Waals surface area contributed by atoms with Crippen LogP contribution in [-0.4, -0.2) is 14.5 Å². The first-order chi connectivity index (χ1) is 10.6. The lowest BCUT2D eigenvalue weighted by atomic mass is 10.2. The summed E-state index contributed by atoms with van der Waals surface area (Å²) in [5.41, 5.74) is 2.07. The van der Waals surface area contributed by atoms with Crippen LogP contribution in [0.5, 0.6) is 0 Å². The van der Waals surface area contributed by atoms with E-state index in [0.29, 0.717) is 22.2 Å². The van der Waals surface area contributed by atoms with E-state index >= 15 is 0 Å². The smallest absolute Gasteiger partial charge is 0.265 e. The van der Waals surface area contributed by atoms with Gasteiger partial charge >= 0.3 is 0 Å². The number of pyridine rings is 1. The molecule has 2 heterocycles. The second-order valence-electron chi connectivity index (χ2n) is 4.97. The van der Waals surface area contributed by atoms with Crippen molar-refractivity contribution in [2.24, 2.45) is 0 Å². The lowest BCUT2D eigenvalue weighted by Crippen LogP contribution is -2.22. The van der Waals surface area contributed by atoms with Gasteiger partial charge in [-0.15, -0.1) is 0 Å². The third-order valence-corrected chi connectivity index (χ3v) is 3.54. The number of hydrogen-bond donors (Lipinski definition) is 2. The second kappa shape index (κ2) is 6.81. The Kier molecular flexibility index (Phi) is 5.03. The highest BCUT2D eigenvalue weighted by Crippen LogP contribution is 2.21. The summed E-state index contributed by atoms with van der Waals surface area (Å²) in [5.74, 6) is 0.332. The predicted molar refractivity (Wildman–Crippen MR) is 93.6 cm³/mol. The SMILES string of the molecule is C.Cc1ccc2nc(Nc3cccc(Cl)c3)c(CO)c(=O)n2c1. The highest BCUT2D eigenvalue weighted by atomic mass is 35.5. The van der Waals surface area contributed by atoms with Crippen LogP contribution in [-0.2, 0) is 6.61 Å². The van der Waals surface area contributed by atoms with E-state index in [9.17, 15) is 9.90 Å². The van der Waals surface area contributed by atoms with E-state index in [4.69, 9.17) is 11.6 Å². The highest BCUT2D eigenvalue weighted by Gasteiger charge is 2.12. The maximum absolute atomic E-state index is 12.5. The average molecular weight is 332 g/mol. The van der Waals surface area contributed by atoms with Crippen LogP contribution in [0.3, 0.4) is 0 Å². The number of aromatic nitrogens is 2. The fraction of sp³-hybridized carbons (Fsp3) is 0.176. The maximum Gasteiger partial charge on any atom is 0.265 e. The molecule has 0 radical (unpaired) electrons. The molecule has 2 N–H and O–H groups in total. The van der Waals surface area contributed by atoms with Crippen LogP contribution in [0.4, 0.5) is 11.5 Å². The minimum absolute atomic E-state index is 0. The van der Waals surface area contributed by atoms with E-state index in [-0.39, 0.29) is 18.5 Å². The van der Waals surface area contributed by atoms with Crippen molar-refractivity contribution in [2.75, 3.05) is 5.32 Å². The molecule has 0 aliphatic carbocycles. The number of aliphatic hydroxyl groups excluding tert-OH is 1. The lowest BCUT2D eigenvalue weighted by Gasteiger charge is -2.12. The van der Waals surface area contributed by atoms with Crippen LogP contribution in [0.25, 0.3) is 5.65 Å². The zero-order valence-electron chi connectivity index (χ0n) is 11.9. The van der Waals surface area contributed by atoms with E-state index in [2.05, 4.69) is 10.3 Å². The van der Waals surface area contributed by atoms with Crippen molar-refractivity contribution >= 4 is 28.8 Å². The first-order valence-electron chi connectivity index (χ1n) is 6.74. The largest absolute Gasteiger partial charge is 0.391 e. The summed E-state index contributed by atoms with van der Waals surface area (Å²) >= 11 is 5.95. The number of benzene rings is 1. The number of fused-ring (bicyclic) bond motifs is 1. The summed E-state index contributed by atoms with van der Waals surface area (Å²) in [7, 11) is 0.